The number of nitrogens with zero attached hydrogens (tertiary/aromatic N) is 4. The fraction of sp³-hybridized carbons (Fsp3) is 0.667. The minimum atomic E-state index is 0.0603. The number of ether oxygens (including phenoxy) is 1. The number of fused-ring (bicyclic) bond motifs is 1. The molecule has 7 nitrogen and oxygen atoms in total. The Balaban J connectivity index is 1.70. The number of aromatic nitrogens is 4. The molecule has 0 radical (unpaired) electrons. The van der Waals surface area contributed by atoms with E-state index in [-0.39, 0.29) is 5.91 Å². The Labute approximate surface area is 121 Å². The molecule has 0 aliphatic heterocycles. The first-order chi connectivity index (χ1) is 9.70. The number of aryl methyl sites for hydroxylation is 2. The molecule has 1 amide bonds. The predicted molar refractivity (Wildman–Crippen MR) is 75.8 cm³/mol. The van der Waals surface area contributed by atoms with Crippen LogP contribution in [0.1, 0.15) is 30.1 Å². The van der Waals surface area contributed by atoms with Gasteiger partial charge in [-0.1, -0.05) is 11.3 Å². The highest BCUT2D eigenvalue weighted by atomic mass is 32.1. The van der Waals surface area contributed by atoms with Crippen LogP contribution in [-0.2, 0) is 16.0 Å². The SMILES string of the molecule is COCCCCNC(=O)CCc1nn2c(C)nnc2s1. The van der Waals surface area contributed by atoms with Gasteiger partial charge >= 0.3 is 0 Å². The highest BCUT2D eigenvalue weighted by Gasteiger charge is 2.10. The molecule has 0 aliphatic rings. The van der Waals surface area contributed by atoms with Crippen LogP contribution in [-0.4, -0.2) is 46.0 Å². The van der Waals surface area contributed by atoms with Crippen LogP contribution in [0.4, 0.5) is 0 Å². The largest absolute Gasteiger partial charge is 0.385 e. The van der Waals surface area contributed by atoms with E-state index in [1.807, 2.05) is 6.92 Å². The number of carbonyl (C=O) groups excluding carboxylic acids is 1. The summed E-state index contributed by atoms with van der Waals surface area (Å²) in [4.78, 5) is 12.4. The van der Waals surface area contributed by atoms with Gasteiger partial charge < -0.3 is 10.1 Å². The number of unbranched alkanes of at least 4 members (excludes halogenated alkanes) is 1. The summed E-state index contributed by atoms with van der Waals surface area (Å²) in [5.74, 6) is 0.829. The Hall–Kier alpha value is -1.54. The van der Waals surface area contributed by atoms with Crippen LogP contribution < -0.4 is 5.32 Å². The molecule has 2 aromatic rings. The number of amides is 1. The van der Waals surface area contributed by atoms with Gasteiger partial charge in [0.15, 0.2) is 5.82 Å². The topological polar surface area (TPSA) is 81.4 Å². The second kappa shape index (κ2) is 7.30. The maximum absolute atomic E-state index is 11.7. The summed E-state index contributed by atoms with van der Waals surface area (Å²) in [5.41, 5.74) is 0. The molecule has 0 aromatic carbocycles. The third kappa shape index (κ3) is 3.97. The van der Waals surface area contributed by atoms with E-state index in [1.54, 1.807) is 11.6 Å². The molecule has 0 bridgehead atoms. The molecule has 0 aliphatic carbocycles. The number of hydrogen-bond donors (Lipinski definition) is 1. The van der Waals surface area contributed by atoms with Crippen molar-refractivity contribution in [1.82, 2.24) is 25.1 Å². The predicted octanol–water partition coefficient (Wildman–Crippen LogP) is 0.970. The third-order valence-corrected chi connectivity index (χ3v) is 3.81. The molecule has 8 heteroatoms. The van der Waals surface area contributed by atoms with Crippen molar-refractivity contribution in [2.24, 2.45) is 0 Å². The van der Waals surface area contributed by atoms with E-state index in [0.717, 1.165) is 35.2 Å². The van der Waals surface area contributed by atoms with Gasteiger partial charge in [-0.2, -0.15) is 9.61 Å². The van der Waals surface area contributed by atoms with Crippen molar-refractivity contribution < 1.29 is 9.53 Å². The lowest BCUT2D eigenvalue weighted by Crippen LogP contribution is -2.24. The van der Waals surface area contributed by atoms with Crippen LogP contribution in [0.15, 0.2) is 0 Å². The molecule has 0 unspecified atom stereocenters. The second-order valence-corrected chi connectivity index (χ2v) is 5.53. The summed E-state index contributed by atoms with van der Waals surface area (Å²) < 4.78 is 6.66. The molecule has 1 N–H and O–H groups in total. The summed E-state index contributed by atoms with van der Waals surface area (Å²) in [6.07, 6.45) is 2.99. The molecule has 110 valence electrons. The Morgan fingerprint density at radius 2 is 2.25 bits per heavy atom. The van der Waals surface area contributed by atoms with E-state index >= 15 is 0 Å². The van der Waals surface area contributed by atoms with Crippen molar-refractivity contribution in [1.29, 1.82) is 0 Å². The normalized spacial score (nSPS) is 11.1. The third-order valence-electron chi connectivity index (χ3n) is 2.85. The van der Waals surface area contributed by atoms with E-state index in [9.17, 15) is 4.79 Å². The first kappa shape index (κ1) is 14.9. The van der Waals surface area contributed by atoms with Crippen molar-refractivity contribution in [3.8, 4) is 0 Å². The summed E-state index contributed by atoms with van der Waals surface area (Å²) in [6.45, 7) is 3.30. The Bertz CT molecular complexity index is 565. The number of nitrogens with one attached hydrogen (secondary N) is 1. The molecule has 2 aromatic heterocycles. The monoisotopic (exact) mass is 297 g/mol. The first-order valence-corrected chi connectivity index (χ1v) is 7.45. The molecule has 2 heterocycles. The van der Waals surface area contributed by atoms with Crippen molar-refractivity contribution >= 4 is 22.2 Å². The van der Waals surface area contributed by atoms with Crippen LogP contribution in [0.5, 0.6) is 0 Å². The molecule has 2 rings (SSSR count). The average Bonchev–Trinajstić information content (AvgIpc) is 2.99. The zero-order valence-corrected chi connectivity index (χ0v) is 12.6. The second-order valence-electron chi connectivity index (χ2n) is 4.49. The maximum Gasteiger partial charge on any atom is 0.234 e. The first-order valence-electron chi connectivity index (χ1n) is 6.64. The van der Waals surface area contributed by atoms with Gasteiger partial charge in [0.2, 0.25) is 10.9 Å². The van der Waals surface area contributed by atoms with Crippen LogP contribution in [0.3, 0.4) is 0 Å². The van der Waals surface area contributed by atoms with Crippen LogP contribution >= 0.6 is 11.3 Å². The average molecular weight is 297 g/mol. The quantitative estimate of drug-likeness (QED) is 0.734. The number of methoxy groups -OCH3 is 1. The minimum absolute atomic E-state index is 0.0603. The lowest BCUT2D eigenvalue weighted by Gasteiger charge is -2.03. The van der Waals surface area contributed by atoms with E-state index < -0.39 is 0 Å². The maximum atomic E-state index is 11.7. The van der Waals surface area contributed by atoms with Crippen molar-refractivity contribution in [3.05, 3.63) is 10.8 Å². The number of rotatable bonds is 8. The molecule has 0 fully saturated rings. The molecular weight excluding hydrogens is 278 g/mol. The van der Waals surface area contributed by atoms with E-state index in [4.69, 9.17) is 4.74 Å². The Morgan fingerprint density at radius 1 is 1.40 bits per heavy atom. The fourth-order valence-electron chi connectivity index (χ4n) is 1.76. The molecule has 0 atom stereocenters. The van der Waals surface area contributed by atoms with E-state index in [0.29, 0.717) is 19.4 Å². The zero-order chi connectivity index (χ0) is 14.4. The van der Waals surface area contributed by atoms with Crippen molar-refractivity contribution in [2.75, 3.05) is 20.3 Å². The standard InChI is InChI=1S/C12H19N5O2S/c1-9-14-15-12-17(9)16-11(20-12)6-5-10(18)13-7-3-4-8-19-2/h3-8H2,1-2H3,(H,13,18). The van der Waals surface area contributed by atoms with E-state index in [2.05, 4.69) is 20.6 Å². The van der Waals surface area contributed by atoms with Gasteiger partial charge in [0, 0.05) is 33.1 Å². The summed E-state index contributed by atoms with van der Waals surface area (Å²) in [7, 11) is 1.68. The molecule has 0 spiro atoms. The summed E-state index contributed by atoms with van der Waals surface area (Å²) in [6, 6.07) is 0. The zero-order valence-electron chi connectivity index (χ0n) is 11.8. The van der Waals surface area contributed by atoms with Gasteiger partial charge in [-0.3, -0.25) is 4.79 Å². The highest BCUT2D eigenvalue weighted by molar-refractivity contribution is 7.16. The van der Waals surface area contributed by atoms with Gasteiger partial charge in [0.1, 0.15) is 5.01 Å². The van der Waals surface area contributed by atoms with Gasteiger partial charge in [-0.25, -0.2) is 0 Å². The van der Waals surface area contributed by atoms with Gasteiger partial charge in [0.05, 0.1) is 0 Å². The Morgan fingerprint density at radius 3 is 3.00 bits per heavy atom. The van der Waals surface area contributed by atoms with Crippen LogP contribution in [0.2, 0.25) is 0 Å². The molecule has 20 heavy (non-hydrogen) atoms. The lowest BCUT2D eigenvalue weighted by atomic mass is 10.3. The fourth-order valence-corrected chi connectivity index (χ4v) is 2.64. The van der Waals surface area contributed by atoms with Crippen LogP contribution in [0.25, 0.3) is 4.96 Å². The van der Waals surface area contributed by atoms with Gasteiger partial charge in [-0.15, -0.1) is 10.2 Å². The summed E-state index contributed by atoms with van der Waals surface area (Å²) >= 11 is 1.48. The molecule has 0 saturated carbocycles. The highest BCUT2D eigenvalue weighted by Crippen LogP contribution is 2.14. The summed E-state index contributed by atoms with van der Waals surface area (Å²) in [5, 5.41) is 16.1. The smallest absolute Gasteiger partial charge is 0.234 e. The van der Waals surface area contributed by atoms with Crippen molar-refractivity contribution in [3.63, 3.8) is 0 Å². The number of carbonyl (C=O) groups is 1. The minimum Gasteiger partial charge on any atom is -0.385 e. The van der Waals surface area contributed by atoms with Crippen LogP contribution in [0, 0.1) is 6.92 Å². The van der Waals surface area contributed by atoms with Gasteiger partial charge in [-0.05, 0) is 19.8 Å². The molecule has 0 saturated heterocycles. The Kier molecular flexibility index (Phi) is 5.42. The lowest BCUT2D eigenvalue weighted by molar-refractivity contribution is -0.121. The number of hydrogen-bond acceptors (Lipinski definition) is 6. The van der Waals surface area contributed by atoms with E-state index in [1.165, 1.54) is 11.3 Å². The van der Waals surface area contributed by atoms with Gasteiger partial charge in [0.25, 0.3) is 0 Å². The van der Waals surface area contributed by atoms with Crippen molar-refractivity contribution in [2.45, 2.75) is 32.6 Å². The molecular formula is C12H19N5O2S.